The number of ether oxygens (including phenoxy) is 2. The number of nitrogens with one attached hydrogen (secondary N) is 2. The van der Waals surface area contributed by atoms with Gasteiger partial charge in [0.25, 0.3) is 5.91 Å². The van der Waals surface area contributed by atoms with E-state index in [4.69, 9.17) is 9.47 Å². The first-order chi connectivity index (χ1) is 12.5. The van der Waals surface area contributed by atoms with Crippen molar-refractivity contribution in [3.8, 4) is 0 Å². The second kappa shape index (κ2) is 9.43. The minimum absolute atomic E-state index is 0.181. The highest BCUT2D eigenvalue weighted by molar-refractivity contribution is 5.92. The summed E-state index contributed by atoms with van der Waals surface area (Å²) in [6, 6.07) is -1.58. The fourth-order valence-electron chi connectivity index (χ4n) is 2.60. The van der Waals surface area contributed by atoms with E-state index in [1.807, 2.05) is 0 Å². The average molecular weight is 386 g/mol. The summed E-state index contributed by atoms with van der Waals surface area (Å²) in [6.45, 7) is 8.93. The SMILES string of the molecule is CCOC(=O)N(C)NC(=O)[C@@H]1CCCN1C(=O)[C@H](C)NC(=O)OC(C)(C)C. The summed E-state index contributed by atoms with van der Waals surface area (Å²) in [5.41, 5.74) is 1.74. The maximum Gasteiger partial charge on any atom is 0.428 e. The molecule has 1 aliphatic heterocycles. The fourth-order valence-corrected chi connectivity index (χ4v) is 2.60. The van der Waals surface area contributed by atoms with Gasteiger partial charge in [0.2, 0.25) is 5.91 Å². The van der Waals surface area contributed by atoms with E-state index in [1.165, 1.54) is 18.9 Å². The van der Waals surface area contributed by atoms with Gasteiger partial charge < -0.3 is 19.7 Å². The molecule has 4 amide bonds. The number of likely N-dealkylation sites (tertiary alicyclic amines) is 1. The Hall–Kier alpha value is -2.52. The van der Waals surface area contributed by atoms with Gasteiger partial charge in [-0.1, -0.05) is 0 Å². The number of carbonyl (C=O) groups is 4. The average Bonchev–Trinajstić information content (AvgIpc) is 3.01. The van der Waals surface area contributed by atoms with Crippen LogP contribution in [0.3, 0.4) is 0 Å². The van der Waals surface area contributed by atoms with Crippen molar-refractivity contribution in [1.29, 1.82) is 0 Å². The Morgan fingerprint density at radius 3 is 2.44 bits per heavy atom. The summed E-state index contributed by atoms with van der Waals surface area (Å²) in [6.07, 6.45) is -0.285. The Morgan fingerprint density at radius 1 is 1.26 bits per heavy atom. The Bertz CT molecular complexity index is 574. The van der Waals surface area contributed by atoms with Crippen LogP contribution in [0.2, 0.25) is 0 Å². The maximum absolute atomic E-state index is 12.7. The highest BCUT2D eigenvalue weighted by Crippen LogP contribution is 2.19. The smallest absolute Gasteiger partial charge is 0.428 e. The molecule has 0 spiro atoms. The second-order valence-corrected chi connectivity index (χ2v) is 7.29. The highest BCUT2D eigenvalue weighted by Gasteiger charge is 2.37. The first kappa shape index (κ1) is 22.5. The predicted molar refractivity (Wildman–Crippen MR) is 96.5 cm³/mol. The van der Waals surface area contributed by atoms with Crippen LogP contribution in [0.1, 0.15) is 47.5 Å². The van der Waals surface area contributed by atoms with E-state index < -0.39 is 41.7 Å². The summed E-state index contributed by atoms with van der Waals surface area (Å²) >= 11 is 0. The van der Waals surface area contributed by atoms with E-state index in [9.17, 15) is 19.2 Å². The van der Waals surface area contributed by atoms with Gasteiger partial charge in [-0.05, 0) is 47.5 Å². The van der Waals surface area contributed by atoms with Gasteiger partial charge >= 0.3 is 12.2 Å². The van der Waals surface area contributed by atoms with E-state index in [-0.39, 0.29) is 6.61 Å². The minimum Gasteiger partial charge on any atom is -0.449 e. The molecule has 1 saturated heterocycles. The molecular weight excluding hydrogens is 356 g/mol. The predicted octanol–water partition coefficient (Wildman–Crippen LogP) is 1.01. The number of alkyl carbamates (subject to hydrolysis) is 1. The van der Waals surface area contributed by atoms with Crippen molar-refractivity contribution < 1.29 is 28.7 Å². The third-order valence-corrected chi connectivity index (χ3v) is 3.76. The van der Waals surface area contributed by atoms with Crippen LogP contribution in [0.5, 0.6) is 0 Å². The van der Waals surface area contributed by atoms with Crippen molar-refractivity contribution >= 4 is 24.0 Å². The molecule has 1 heterocycles. The number of nitrogens with zero attached hydrogens (tertiary/aromatic N) is 2. The molecule has 0 aromatic heterocycles. The highest BCUT2D eigenvalue weighted by atomic mass is 16.6. The molecule has 0 aliphatic carbocycles. The zero-order valence-corrected chi connectivity index (χ0v) is 16.8. The van der Waals surface area contributed by atoms with Crippen LogP contribution in [0.4, 0.5) is 9.59 Å². The van der Waals surface area contributed by atoms with Crippen molar-refractivity contribution in [2.24, 2.45) is 0 Å². The molecule has 27 heavy (non-hydrogen) atoms. The standard InChI is InChI=1S/C17H30N4O6/c1-7-26-16(25)20(6)19-13(22)12-9-8-10-21(12)14(23)11(2)18-15(24)27-17(3,4)5/h11-12H,7-10H2,1-6H3,(H,18,24)(H,19,22)/t11-,12-/m0/s1. The van der Waals surface area contributed by atoms with Crippen molar-refractivity contribution in [2.45, 2.75) is 65.1 Å². The Labute approximate surface area is 159 Å². The van der Waals surface area contributed by atoms with Crippen molar-refractivity contribution in [2.75, 3.05) is 20.2 Å². The zero-order chi connectivity index (χ0) is 20.8. The molecule has 2 atom stereocenters. The molecular formula is C17H30N4O6. The van der Waals surface area contributed by atoms with Crippen molar-refractivity contribution in [3.63, 3.8) is 0 Å². The summed E-state index contributed by atoms with van der Waals surface area (Å²) in [5.74, 6) is -0.877. The number of rotatable bonds is 4. The van der Waals surface area contributed by atoms with Crippen LogP contribution in [-0.2, 0) is 19.1 Å². The lowest BCUT2D eigenvalue weighted by Crippen LogP contribution is -2.55. The molecule has 0 saturated carbocycles. The van der Waals surface area contributed by atoms with Gasteiger partial charge in [0.05, 0.1) is 6.61 Å². The van der Waals surface area contributed by atoms with Gasteiger partial charge in [0.1, 0.15) is 17.7 Å². The summed E-state index contributed by atoms with van der Waals surface area (Å²) in [5, 5.41) is 3.42. The fraction of sp³-hybridized carbons (Fsp3) is 0.765. The Kier molecular flexibility index (Phi) is 7.86. The third-order valence-electron chi connectivity index (χ3n) is 3.76. The largest absolute Gasteiger partial charge is 0.449 e. The Balaban J connectivity index is 2.67. The maximum atomic E-state index is 12.7. The van der Waals surface area contributed by atoms with E-state index in [0.717, 1.165) is 5.01 Å². The molecule has 10 nitrogen and oxygen atoms in total. The molecule has 1 fully saturated rings. The van der Waals surface area contributed by atoms with Crippen LogP contribution in [0, 0.1) is 0 Å². The van der Waals surface area contributed by atoms with Crippen LogP contribution in [0.25, 0.3) is 0 Å². The van der Waals surface area contributed by atoms with Gasteiger partial charge in [-0.15, -0.1) is 0 Å². The van der Waals surface area contributed by atoms with E-state index in [1.54, 1.807) is 27.7 Å². The van der Waals surface area contributed by atoms with Crippen molar-refractivity contribution in [3.05, 3.63) is 0 Å². The quantitative estimate of drug-likeness (QED) is 0.697. The normalized spacial score (nSPS) is 17.7. The molecule has 0 unspecified atom stereocenters. The van der Waals surface area contributed by atoms with Gasteiger partial charge in [-0.3, -0.25) is 15.0 Å². The van der Waals surface area contributed by atoms with Gasteiger partial charge in [0, 0.05) is 13.6 Å². The van der Waals surface area contributed by atoms with Gasteiger partial charge in [-0.25, -0.2) is 14.6 Å². The molecule has 0 radical (unpaired) electrons. The van der Waals surface area contributed by atoms with Crippen LogP contribution < -0.4 is 10.7 Å². The number of hydrogen-bond donors (Lipinski definition) is 2. The topological polar surface area (TPSA) is 117 Å². The summed E-state index contributed by atoms with van der Waals surface area (Å²) < 4.78 is 9.93. The lowest BCUT2D eigenvalue weighted by molar-refractivity contribution is -0.141. The number of carbonyl (C=O) groups excluding carboxylic acids is 4. The minimum atomic E-state index is -0.851. The molecule has 0 aromatic rings. The van der Waals surface area contributed by atoms with E-state index in [2.05, 4.69) is 10.7 Å². The molecule has 0 bridgehead atoms. The van der Waals surface area contributed by atoms with E-state index >= 15 is 0 Å². The molecule has 154 valence electrons. The van der Waals surface area contributed by atoms with Crippen LogP contribution >= 0.6 is 0 Å². The van der Waals surface area contributed by atoms with Crippen LogP contribution in [0.15, 0.2) is 0 Å². The third kappa shape index (κ3) is 6.95. The molecule has 10 heteroatoms. The summed E-state index contributed by atoms with van der Waals surface area (Å²) in [4.78, 5) is 49.9. The zero-order valence-electron chi connectivity index (χ0n) is 16.8. The molecule has 2 N–H and O–H groups in total. The molecule has 1 rings (SSSR count). The number of hydrogen-bond acceptors (Lipinski definition) is 6. The monoisotopic (exact) mass is 386 g/mol. The first-order valence-electron chi connectivity index (χ1n) is 8.97. The van der Waals surface area contributed by atoms with Gasteiger partial charge in [-0.2, -0.15) is 0 Å². The lowest BCUT2D eigenvalue weighted by Gasteiger charge is -2.29. The molecule has 0 aromatic carbocycles. The van der Waals surface area contributed by atoms with Gasteiger partial charge in [0.15, 0.2) is 0 Å². The summed E-state index contributed by atoms with van der Waals surface area (Å²) in [7, 11) is 1.36. The molecule has 1 aliphatic rings. The first-order valence-corrected chi connectivity index (χ1v) is 8.97. The van der Waals surface area contributed by atoms with E-state index in [0.29, 0.717) is 19.4 Å². The second-order valence-electron chi connectivity index (χ2n) is 7.29. The van der Waals surface area contributed by atoms with Crippen LogP contribution in [-0.4, -0.2) is 71.8 Å². The lowest BCUT2D eigenvalue weighted by atomic mass is 10.2. The number of hydrazine groups is 1. The van der Waals surface area contributed by atoms with Crippen molar-refractivity contribution in [1.82, 2.24) is 20.7 Å². The Morgan fingerprint density at radius 2 is 1.89 bits per heavy atom. The number of amides is 4.